The lowest BCUT2D eigenvalue weighted by molar-refractivity contribution is -0.116. The summed E-state index contributed by atoms with van der Waals surface area (Å²) in [6, 6.07) is 23.3. The zero-order valence-corrected chi connectivity index (χ0v) is 17.2. The molecule has 7 heteroatoms. The van der Waals surface area contributed by atoms with E-state index in [0.29, 0.717) is 24.5 Å². The number of fused-ring (bicyclic) bond motifs is 3. The monoisotopic (exact) mass is 423 g/mol. The third kappa shape index (κ3) is 3.89. The molecule has 5 rings (SSSR count). The molecule has 32 heavy (non-hydrogen) atoms. The molecule has 0 spiro atoms. The number of aromatic nitrogens is 2. The number of hydrogen-bond acceptors (Lipinski definition) is 6. The van der Waals surface area contributed by atoms with Crippen molar-refractivity contribution < 1.29 is 9.21 Å². The number of anilines is 3. The molecule has 0 saturated carbocycles. The maximum atomic E-state index is 11.7. The molecule has 0 bridgehead atoms. The summed E-state index contributed by atoms with van der Waals surface area (Å²) in [4.78, 5) is 20.5. The highest BCUT2D eigenvalue weighted by Crippen LogP contribution is 2.35. The Hall–Kier alpha value is -4.23. The van der Waals surface area contributed by atoms with Crippen molar-refractivity contribution >= 4 is 45.0 Å². The highest BCUT2D eigenvalue weighted by atomic mass is 16.3. The van der Waals surface area contributed by atoms with Crippen LogP contribution in [-0.2, 0) is 4.79 Å². The summed E-state index contributed by atoms with van der Waals surface area (Å²) in [5, 5.41) is 8.22. The van der Waals surface area contributed by atoms with Crippen LogP contribution in [0, 0.1) is 0 Å². The quantitative estimate of drug-likeness (QED) is 0.352. The standard InChI is InChI=1S/C25H21N5O2/c26-13-12-24(31)30-17-10-8-16(9-11-17)29-23-14-21(27-15-28-23)20-6-3-5-19-18-4-1-2-7-22(18)32-25(19)20/h1-11,14-15H,12-13,26H2,(H,30,31)(H,27,28,29). The number of amides is 1. The molecule has 0 saturated heterocycles. The second-order valence-electron chi connectivity index (χ2n) is 7.36. The Balaban J connectivity index is 1.41. The van der Waals surface area contributed by atoms with E-state index in [0.717, 1.165) is 38.9 Å². The average Bonchev–Trinajstić information content (AvgIpc) is 3.20. The Morgan fingerprint density at radius 3 is 2.53 bits per heavy atom. The van der Waals surface area contributed by atoms with Crippen LogP contribution in [-0.4, -0.2) is 22.4 Å². The van der Waals surface area contributed by atoms with Crippen molar-refractivity contribution in [2.75, 3.05) is 17.2 Å². The maximum Gasteiger partial charge on any atom is 0.225 e. The van der Waals surface area contributed by atoms with Crippen molar-refractivity contribution in [2.45, 2.75) is 6.42 Å². The summed E-state index contributed by atoms with van der Waals surface area (Å²) < 4.78 is 6.14. The lowest BCUT2D eigenvalue weighted by atomic mass is 10.1. The minimum absolute atomic E-state index is 0.103. The van der Waals surface area contributed by atoms with E-state index in [1.54, 1.807) is 0 Å². The van der Waals surface area contributed by atoms with E-state index >= 15 is 0 Å². The number of carbonyl (C=O) groups excluding carboxylic acids is 1. The van der Waals surface area contributed by atoms with Crippen LogP contribution in [0.25, 0.3) is 33.2 Å². The van der Waals surface area contributed by atoms with Crippen LogP contribution >= 0.6 is 0 Å². The SMILES string of the molecule is NCCC(=O)Nc1ccc(Nc2cc(-c3cccc4c3oc3ccccc34)ncn2)cc1. The summed E-state index contributed by atoms with van der Waals surface area (Å²) in [5.41, 5.74) is 10.3. The van der Waals surface area contributed by atoms with Crippen molar-refractivity contribution in [1.29, 1.82) is 0 Å². The van der Waals surface area contributed by atoms with Gasteiger partial charge in [0, 0.05) is 46.7 Å². The van der Waals surface area contributed by atoms with Gasteiger partial charge < -0.3 is 20.8 Å². The van der Waals surface area contributed by atoms with E-state index in [1.807, 2.05) is 60.7 Å². The Kier molecular flexibility index (Phi) is 5.23. The third-order valence-corrected chi connectivity index (χ3v) is 5.16. The zero-order chi connectivity index (χ0) is 21.9. The molecule has 5 aromatic rings. The topological polar surface area (TPSA) is 106 Å². The Bertz CT molecular complexity index is 1410. The van der Waals surface area contributed by atoms with E-state index in [-0.39, 0.29) is 5.91 Å². The summed E-state index contributed by atoms with van der Waals surface area (Å²) in [6.07, 6.45) is 1.82. The van der Waals surface area contributed by atoms with Gasteiger partial charge in [-0.2, -0.15) is 0 Å². The molecular formula is C25H21N5O2. The van der Waals surface area contributed by atoms with Gasteiger partial charge in [0.05, 0.1) is 5.69 Å². The van der Waals surface area contributed by atoms with Crippen molar-refractivity contribution in [2.24, 2.45) is 5.73 Å². The normalized spacial score (nSPS) is 11.0. The first-order valence-electron chi connectivity index (χ1n) is 10.3. The Morgan fingerprint density at radius 2 is 1.69 bits per heavy atom. The molecule has 4 N–H and O–H groups in total. The molecular weight excluding hydrogens is 402 g/mol. The first-order valence-corrected chi connectivity index (χ1v) is 10.3. The van der Waals surface area contributed by atoms with Gasteiger partial charge >= 0.3 is 0 Å². The Labute approximate surface area is 184 Å². The van der Waals surface area contributed by atoms with Crippen molar-refractivity contribution in [3.8, 4) is 11.3 Å². The number of furan rings is 1. The van der Waals surface area contributed by atoms with Crippen molar-refractivity contribution in [3.63, 3.8) is 0 Å². The van der Waals surface area contributed by atoms with Crippen LogP contribution in [0.3, 0.4) is 0 Å². The molecule has 0 aliphatic heterocycles. The first-order chi connectivity index (χ1) is 15.7. The van der Waals surface area contributed by atoms with Gasteiger partial charge in [-0.05, 0) is 36.4 Å². The molecule has 0 atom stereocenters. The number of benzene rings is 3. The van der Waals surface area contributed by atoms with E-state index < -0.39 is 0 Å². The minimum Gasteiger partial charge on any atom is -0.455 e. The number of carbonyl (C=O) groups is 1. The highest BCUT2D eigenvalue weighted by Gasteiger charge is 2.13. The predicted molar refractivity (Wildman–Crippen MR) is 127 cm³/mol. The fourth-order valence-electron chi connectivity index (χ4n) is 3.66. The molecule has 0 radical (unpaired) electrons. The third-order valence-electron chi connectivity index (χ3n) is 5.16. The number of rotatable bonds is 6. The van der Waals surface area contributed by atoms with E-state index in [1.165, 1.54) is 6.33 Å². The number of para-hydroxylation sites is 2. The van der Waals surface area contributed by atoms with Gasteiger partial charge in [-0.1, -0.05) is 30.3 Å². The molecule has 1 amide bonds. The number of nitrogens with zero attached hydrogens (tertiary/aromatic N) is 2. The molecule has 0 unspecified atom stereocenters. The minimum atomic E-state index is -0.103. The van der Waals surface area contributed by atoms with Crippen LogP contribution in [0.5, 0.6) is 0 Å². The van der Waals surface area contributed by atoms with Crippen LogP contribution in [0.15, 0.2) is 83.5 Å². The summed E-state index contributed by atoms with van der Waals surface area (Å²) in [6.45, 7) is 0.323. The summed E-state index contributed by atoms with van der Waals surface area (Å²) >= 11 is 0. The maximum absolute atomic E-state index is 11.7. The fraction of sp³-hybridized carbons (Fsp3) is 0.0800. The molecule has 2 heterocycles. The van der Waals surface area contributed by atoms with Crippen molar-refractivity contribution in [1.82, 2.24) is 9.97 Å². The molecule has 0 aliphatic carbocycles. The van der Waals surface area contributed by atoms with Gasteiger partial charge in [-0.15, -0.1) is 0 Å². The smallest absolute Gasteiger partial charge is 0.225 e. The summed E-state index contributed by atoms with van der Waals surface area (Å²) in [5.74, 6) is 0.552. The number of hydrogen-bond donors (Lipinski definition) is 3. The first kappa shape index (κ1) is 19.7. The van der Waals surface area contributed by atoms with Gasteiger partial charge in [0.15, 0.2) is 0 Å². The predicted octanol–water partition coefficient (Wildman–Crippen LogP) is 5.07. The van der Waals surface area contributed by atoms with Gasteiger partial charge in [0.2, 0.25) is 5.91 Å². The Morgan fingerprint density at radius 1 is 0.906 bits per heavy atom. The van der Waals surface area contributed by atoms with Crippen LogP contribution < -0.4 is 16.4 Å². The molecule has 158 valence electrons. The molecule has 0 fully saturated rings. The van der Waals surface area contributed by atoms with Gasteiger partial charge in [0.25, 0.3) is 0 Å². The number of nitrogens with one attached hydrogen (secondary N) is 2. The average molecular weight is 423 g/mol. The molecule has 7 nitrogen and oxygen atoms in total. The van der Waals surface area contributed by atoms with Gasteiger partial charge in [-0.3, -0.25) is 4.79 Å². The number of nitrogens with two attached hydrogens (primary N) is 1. The largest absolute Gasteiger partial charge is 0.455 e. The zero-order valence-electron chi connectivity index (χ0n) is 17.2. The lowest BCUT2D eigenvalue weighted by Crippen LogP contribution is -2.16. The fourth-order valence-corrected chi connectivity index (χ4v) is 3.66. The van der Waals surface area contributed by atoms with Crippen molar-refractivity contribution in [3.05, 3.63) is 79.1 Å². The van der Waals surface area contributed by atoms with E-state index in [9.17, 15) is 4.79 Å². The van der Waals surface area contributed by atoms with Crippen LogP contribution in [0.4, 0.5) is 17.2 Å². The van der Waals surface area contributed by atoms with E-state index in [2.05, 4.69) is 32.7 Å². The molecule has 2 aromatic heterocycles. The van der Waals surface area contributed by atoms with Crippen LogP contribution in [0.2, 0.25) is 0 Å². The molecule has 3 aromatic carbocycles. The lowest BCUT2D eigenvalue weighted by Gasteiger charge is -2.09. The highest BCUT2D eigenvalue weighted by molar-refractivity contribution is 6.09. The second kappa shape index (κ2) is 8.49. The van der Waals surface area contributed by atoms with Gasteiger partial charge in [-0.25, -0.2) is 9.97 Å². The van der Waals surface area contributed by atoms with E-state index in [4.69, 9.17) is 10.2 Å². The second-order valence-corrected chi connectivity index (χ2v) is 7.36. The van der Waals surface area contributed by atoms with Gasteiger partial charge in [0.1, 0.15) is 23.3 Å². The molecule has 0 aliphatic rings. The summed E-state index contributed by atoms with van der Waals surface area (Å²) in [7, 11) is 0. The van der Waals surface area contributed by atoms with Crippen LogP contribution in [0.1, 0.15) is 6.42 Å².